The number of hydrogen-bond acceptors (Lipinski definition) is 5. The van der Waals surface area contributed by atoms with Crippen molar-refractivity contribution in [1.29, 1.82) is 0 Å². The summed E-state index contributed by atoms with van der Waals surface area (Å²) < 4.78 is 5.91. The van der Waals surface area contributed by atoms with Crippen LogP contribution in [0, 0.1) is 6.92 Å². The fourth-order valence-electron chi connectivity index (χ4n) is 3.68. The molecule has 0 atom stereocenters. The SMILES string of the molecule is Cc1ccc(-c2nc(-c3ccc(OCCc4ccccc4)cc3)[nH]c2C(=O)Nc2nccs2)cc1.Cl. The Labute approximate surface area is 219 Å². The number of halogens is 1. The highest BCUT2D eigenvalue weighted by atomic mass is 35.5. The molecule has 5 rings (SSSR count). The summed E-state index contributed by atoms with van der Waals surface area (Å²) >= 11 is 1.37. The van der Waals surface area contributed by atoms with E-state index in [0.29, 0.717) is 29.0 Å². The van der Waals surface area contributed by atoms with Gasteiger partial charge in [-0.15, -0.1) is 23.7 Å². The van der Waals surface area contributed by atoms with E-state index in [4.69, 9.17) is 9.72 Å². The molecule has 0 fully saturated rings. The number of anilines is 1. The zero-order valence-electron chi connectivity index (χ0n) is 19.6. The third-order valence-electron chi connectivity index (χ3n) is 5.54. The Morgan fingerprint density at radius 3 is 2.39 bits per heavy atom. The number of nitrogens with zero attached hydrogens (tertiary/aromatic N) is 2. The number of H-pyrrole nitrogens is 1. The van der Waals surface area contributed by atoms with Gasteiger partial charge in [0.1, 0.15) is 23.0 Å². The number of aromatic nitrogens is 3. The Balaban J connectivity index is 0.00000304. The molecule has 1 amide bonds. The van der Waals surface area contributed by atoms with Gasteiger partial charge in [0, 0.05) is 29.1 Å². The van der Waals surface area contributed by atoms with E-state index < -0.39 is 0 Å². The molecule has 2 aromatic heterocycles. The molecule has 0 aliphatic rings. The maximum Gasteiger partial charge on any atom is 0.276 e. The first-order chi connectivity index (χ1) is 17.2. The number of aromatic amines is 1. The molecule has 0 aliphatic heterocycles. The summed E-state index contributed by atoms with van der Waals surface area (Å²) in [7, 11) is 0. The van der Waals surface area contributed by atoms with Crippen molar-refractivity contribution in [1.82, 2.24) is 15.0 Å². The number of carbonyl (C=O) groups is 1. The second kappa shape index (κ2) is 11.7. The Morgan fingerprint density at radius 2 is 1.69 bits per heavy atom. The summed E-state index contributed by atoms with van der Waals surface area (Å²) in [5.41, 5.74) is 5.10. The summed E-state index contributed by atoms with van der Waals surface area (Å²) in [6.45, 7) is 2.63. The molecule has 6 nitrogen and oxygen atoms in total. The highest BCUT2D eigenvalue weighted by Gasteiger charge is 2.20. The molecule has 8 heteroatoms. The number of carbonyl (C=O) groups excluding carboxylic acids is 1. The lowest BCUT2D eigenvalue weighted by molar-refractivity contribution is 0.102. The number of hydrogen-bond donors (Lipinski definition) is 2. The Morgan fingerprint density at radius 1 is 0.972 bits per heavy atom. The van der Waals surface area contributed by atoms with Crippen LogP contribution in [0.4, 0.5) is 5.13 Å². The van der Waals surface area contributed by atoms with Crippen molar-refractivity contribution in [2.75, 3.05) is 11.9 Å². The van der Waals surface area contributed by atoms with E-state index >= 15 is 0 Å². The van der Waals surface area contributed by atoms with Crippen LogP contribution in [-0.2, 0) is 6.42 Å². The quantitative estimate of drug-likeness (QED) is 0.237. The van der Waals surface area contributed by atoms with Gasteiger partial charge in [-0.2, -0.15) is 0 Å². The molecule has 0 unspecified atom stereocenters. The van der Waals surface area contributed by atoms with Crippen molar-refractivity contribution in [3.8, 4) is 28.4 Å². The van der Waals surface area contributed by atoms with Crippen molar-refractivity contribution in [3.05, 3.63) is 107 Å². The molecule has 0 radical (unpaired) electrons. The first-order valence-corrected chi connectivity index (χ1v) is 12.2. The molecule has 36 heavy (non-hydrogen) atoms. The lowest BCUT2D eigenvalue weighted by atomic mass is 10.1. The lowest BCUT2D eigenvalue weighted by Crippen LogP contribution is -2.13. The zero-order chi connectivity index (χ0) is 24.0. The highest BCUT2D eigenvalue weighted by molar-refractivity contribution is 7.13. The van der Waals surface area contributed by atoms with Gasteiger partial charge in [-0.25, -0.2) is 9.97 Å². The van der Waals surface area contributed by atoms with Crippen LogP contribution >= 0.6 is 23.7 Å². The molecule has 3 aromatic carbocycles. The van der Waals surface area contributed by atoms with Gasteiger partial charge in [0.05, 0.1) is 6.61 Å². The number of amides is 1. The van der Waals surface area contributed by atoms with Gasteiger partial charge in [-0.05, 0) is 36.8 Å². The number of aryl methyl sites for hydroxylation is 1. The van der Waals surface area contributed by atoms with Crippen molar-refractivity contribution >= 4 is 34.8 Å². The number of thiazole rings is 1. The first kappa shape index (κ1) is 25.2. The minimum absolute atomic E-state index is 0. The van der Waals surface area contributed by atoms with Crippen molar-refractivity contribution in [2.24, 2.45) is 0 Å². The van der Waals surface area contributed by atoms with Crippen LogP contribution in [0.15, 0.2) is 90.4 Å². The maximum absolute atomic E-state index is 13.1. The van der Waals surface area contributed by atoms with E-state index in [0.717, 1.165) is 28.9 Å². The number of benzene rings is 3. The van der Waals surface area contributed by atoms with Gasteiger partial charge in [0.2, 0.25) is 0 Å². The van der Waals surface area contributed by atoms with Gasteiger partial charge in [0.15, 0.2) is 5.13 Å². The number of ether oxygens (including phenoxy) is 1. The fraction of sp³-hybridized carbons (Fsp3) is 0.107. The molecule has 0 spiro atoms. The van der Waals surface area contributed by atoms with Gasteiger partial charge in [-0.1, -0.05) is 60.2 Å². The molecule has 2 N–H and O–H groups in total. The predicted molar refractivity (Wildman–Crippen MR) is 147 cm³/mol. The molecular weight excluding hydrogens is 492 g/mol. The average Bonchev–Trinajstić information content (AvgIpc) is 3.56. The standard InChI is InChI=1S/C28H24N4O2S.ClH/c1-19-7-9-21(10-8-19)24-25(27(33)32-28-29-16-18-35-28)31-26(30-24)22-11-13-23(14-12-22)34-17-15-20-5-3-2-4-6-20;/h2-14,16,18H,15,17H2,1H3,(H,30,31)(H,29,32,33);1H. The van der Waals surface area contributed by atoms with Crippen LogP contribution in [0.5, 0.6) is 5.75 Å². The van der Waals surface area contributed by atoms with Crippen LogP contribution in [0.1, 0.15) is 21.6 Å². The van der Waals surface area contributed by atoms with E-state index in [9.17, 15) is 4.79 Å². The zero-order valence-corrected chi connectivity index (χ0v) is 21.2. The topological polar surface area (TPSA) is 79.9 Å². The van der Waals surface area contributed by atoms with E-state index in [1.807, 2.05) is 79.0 Å². The van der Waals surface area contributed by atoms with Crippen LogP contribution in [0.25, 0.3) is 22.6 Å². The third-order valence-corrected chi connectivity index (χ3v) is 6.23. The molecule has 0 saturated heterocycles. The predicted octanol–water partition coefficient (Wildman–Crippen LogP) is 6.80. The second-order valence-electron chi connectivity index (χ2n) is 8.07. The Kier molecular flexibility index (Phi) is 8.15. The van der Waals surface area contributed by atoms with Crippen molar-refractivity contribution < 1.29 is 9.53 Å². The van der Waals surface area contributed by atoms with Gasteiger partial charge < -0.3 is 9.72 Å². The summed E-state index contributed by atoms with van der Waals surface area (Å²) in [4.78, 5) is 25.2. The lowest BCUT2D eigenvalue weighted by Gasteiger charge is -2.07. The average molecular weight is 517 g/mol. The Bertz CT molecular complexity index is 1400. The minimum atomic E-state index is -0.282. The van der Waals surface area contributed by atoms with Crippen molar-refractivity contribution in [2.45, 2.75) is 13.3 Å². The van der Waals surface area contributed by atoms with Crippen LogP contribution in [0.2, 0.25) is 0 Å². The molecule has 0 saturated carbocycles. The number of rotatable bonds is 8. The van der Waals surface area contributed by atoms with Gasteiger partial charge in [0.25, 0.3) is 5.91 Å². The van der Waals surface area contributed by atoms with Crippen LogP contribution in [-0.4, -0.2) is 27.5 Å². The van der Waals surface area contributed by atoms with Gasteiger partial charge in [-0.3, -0.25) is 10.1 Å². The second-order valence-corrected chi connectivity index (χ2v) is 8.97. The van der Waals surface area contributed by atoms with E-state index in [1.54, 1.807) is 6.20 Å². The fourth-order valence-corrected chi connectivity index (χ4v) is 4.20. The van der Waals surface area contributed by atoms with Gasteiger partial charge >= 0.3 is 0 Å². The molecule has 182 valence electrons. The summed E-state index contributed by atoms with van der Waals surface area (Å²) in [6, 6.07) is 25.9. The molecule has 0 aliphatic carbocycles. The monoisotopic (exact) mass is 516 g/mol. The normalized spacial score (nSPS) is 10.5. The Hall–Kier alpha value is -3.94. The summed E-state index contributed by atoms with van der Waals surface area (Å²) in [5, 5.41) is 5.21. The first-order valence-electron chi connectivity index (χ1n) is 11.3. The minimum Gasteiger partial charge on any atom is -0.493 e. The van der Waals surface area contributed by atoms with Crippen molar-refractivity contribution in [3.63, 3.8) is 0 Å². The van der Waals surface area contributed by atoms with E-state index in [-0.39, 0.29) is 18.3 Å². The molecule has 5 aromatic rings. The highest BCUT2D eigenvalue weighted by Crippen LogP contribution is 2.28. The molecular formula is C28H25ClN4O2S. The smallest absolute Gasteiger partial charge is 0.276 e. The molecule has 2 heterocycles. The van der Waals surface area contributed by atoms with E-state index in [1.165, 1.54) is 16.9 Å². The number of imidazole rings is 1. The third kappa shape index (κ3) is 6.00. The van der Waals surface area contributed by atoms with Crippen LogP contribution < -0.4 is 10.1 Å². The summed E-state index contributed by atoms with van der Waals surface area (Å²) in [6.07, 6.45) is 2.50. The van der Waals surface area contributed by atoms with E-state index in [2.05, 4.69) is 27.4 Å². The molecule has 0 bridgehead atoms. The van der Waals surface area contributed by atoms with Crippen LogP contribution in [0.3, 0.4) is 0 Å². The summed E-state index contributed by atoms with van der Waals surface area (Å²) in [5.74, 6) is 1.12. The maximum atomic E-state index is 13.1. The number of nitrogens with one attached hydrogen (secondary N) is 2. The largest absolute Gasteiger partial charge is 0.493 e.